The predicted octanol–water partition coefficient (Wildman–Crippen LogP) is 0.327. The number of sulfonamides is 1. The van der Waals surface area contributed by atoms with Crippen molar-refractivity contribution in [3.8, 4) is 0 Å². The molecule has 0 radical (unpaired) electrons. The molecule has 20 heavy (non-hydrogen) atoms. The lowest BCUT2D eigenvalue weighted by Gasteiger charge is -2.26. The minimum atomic E-state index is -3.69. The van der Waals surface area contributed by atoms with Crippen LogP contribution in [0.3, 0.4) is 0 Å². The Kier molecular flexibility index (Phi) is 4.55. The van der Waals surface area contributed by atoms with Gasteiger partial charge in [0.15, 0.2) is 9.84 Å². The van der Waals surface area contributed by atoms with Crippen LogP contribution in [0.25, 0.3) is 0 Å². The monoisotopic (exact) mass is 382 g/mol. The second kappa shape index (κ2) is 5.72. The Bertz CT molecular complexity index is 702. The first-order chi connectivity index (χ1) is 9.26. The number of rotatable bonds is 3. The molecule has 0 bridgehead atoms. The number of nitrogens with zero attached hydrogens (tertiary/aromatic N) is 1. The average molecular weight is 383 g/mol. The highest BCUT2D eigenvalue weighted by Crippen LogP contribution is 2.27. The van der Waals surface area contributed by atoms with Crippen molar-refractivity contribution in [1.82, 2.24) is 4.31 Å². The van der Waals surface area contributed by atoms with Crippen LogP contribution in [0.4, 0.5) is 0 Å². The van der Waals surface area contributed by atoms with Gasteiger partial charge in [-0.05, 0) is 33.6 Å². The Morgan fingerprint density at radius 3 is 2.35 bits per heavy atom. The summed E-state index contributed by atoms with van der Waals surface area (Å²) in [6, 6.07) is 4.80. The van der Waals surface area contributed by atoms with Crippen LogP contribution in [0.15, 0.2) is 27.6 Å². The summed E-state index contributed by atoms with van der Waals surface area (Å²) in [5.41, 5.74) is 6.32. The van der Waals surface area contributed by atoms with E-state index in [-0.39, 0.29) is 29.5 Å². The summed E-state index contributed by atoms with van der Waals surface area (Å²) in [7, 11) is -6.80. The Morgan fingerprint density at radius 2 is 1.85 bits per heavy atom. The number of nitrogens with two attached hydrogens (primary N) is 1. The third-order valence-electron chi connectivity index (χ3n) is 3.15. The van der Waals surface area contributed by atoms with Gasteiger partial charge in [0.2, 0.25) is 10.0 Å². The van der Waals surface area contributed by atoms with Crippen molar-refractivity contribution < 1.29 is 16.8 Å². The van der Waals surface area contributed by atoms with E-state index in [2.05, 4.69) is 15.9 Å². The Morgan fingerprint density at radius 1 is 1.25 bits per heavy atom. The molecule has 0 aromatic heterocycles. The average Bonchev–Trinajstić information content (AvgIpc) is 2.37. The Balaban J connectivity index is 2.32. The fraction of sp³-hybridized carbons (Fsp3) is 0.455. The first-order valence-corrected chi connectivity index (χ1v) is 10.0. The van der Waals surface area contributed by atoms with E-state index in [0.29, 0.717) is 11.0 Å². The zero-order chi connectivity index (χ0) is 15.0. The summed E-state index contributed by atoms with van der Waals surface area (Å²) in [4.78, 5) is 0.133. The molecular formula is C11H15BrN2O4S2. The molecule has 1 aromatic carbocycles. The molecule has 0 amide bonds. The summed E-state index contributed by atoms with van der Waals surface area (Å²) in [5, 5.41) is 0. The third kappa shape index (κ3) is 3.22. The smallest absolute Gasteiger partial charge is 0.244 e. The van der Waals surface area contributed by atoms with Crippen molar-refractivity contribution in [2.45, 2.75) is 11.4 Å². The topological polar surface area (TPSA) is 97.5 Å². The molecule has 1 aromatic rings. The lowest BCUT2D eigenvalue weighted by molar-refractivity contribution is 0.430. The molecule has 9 heteroatoms. The molecule has 2 N–H and O–H groups in total. The van der Waals surface area contributed by atoms with Crippen LogP contribution in [0.1, 0.15) is 5.56 Å². The zero-order valence-electron chi connectivity index (χ0n) is 10.6. The first kappa shape index (κ1) is 15.9. The largest absolute Gasteiger partial charge is 0.326 e. The van der Waals surface area contributed by atoms with Gasteiger partial charge in [-0.3, -0.25) is 0 Å². The number of sulfone groups is 1. The summed E-state index contributed by atoms with van der Waals surface area (Å²) in [5.74, 6) is -0.268. The van der Waals surface area contributed by atoms with Crippen molar-refractivity contribution in [2.24, 2.45) is 5.73 Å². The van der Waals surface area contributed by atoms with E-state index in [9.17, 15) is 16.8 Å². The van der Waals surface area contributed by atoms with Crippen molar-refractivity contribution >= 4 is 35.8 Å². The molecule has 0 aliphatic carbocycles. The highest BCUT2D eigenvalue weighted by Gasteiger charge is 2.32. The predicted molar refractivity (Wildman–Crippen MR) is 79.4 cm³/mol. The standard InChI is InChI=1S/C11H15BrN2O4S2/c12-10-7-9(8-13)1-2-11(10)20(17,18)14-3-5-19(15,16)6-4-14/h1-2,7H,3-6,8,13H2. The number of hydrogen-bond donors (Lipinski definition) is 1. The molecule has 1 aliphatic heterocycles. The van der Waals surface area contributed by atoms with E-state index < -0.39 is 19.9 Å². The normalized spacial score (nSPS) is 19.9. The van der Waals surface area contributed by atoms with Gasteiger partial charge in [0.05, 0.1) is 16.4 Å². The second-order valence-corrected chi connectivity index (χ2v) is 9.59. The van der Waals surface area contributed by atoms with Gasteiger partial charge in [0.1, 0.15) is 0 Å². The van der Waals surface area contributed by atoms with Crippen molar-refractivity contribution in [3.63, 3.8) is 0 Å². The molecule has 0 atom stereocenters. The van der Waals surface area contributed by atoms with Crippen LogP contribution in [0.5, 0.6) is 0 Å². The lowest BCUT2D eigenvalue weighted by atomic mass is 10.2. The van der Waals surface area contributed by atoms with Crippen LogP contribution in [-0.2, 0) is 26.4 Å². The van der Waals surface area contributed by atoms with E-state index >= 15 is 0 Å². The second-order valence-electron chi connectivity index (χ2n) is 4.52. The maximum absolute atomic E-state index is 12.5. The van der Waals surface area contributed by atoms with Gasteiger partial charge in [-0.2, -0.15) is 4.31 Å². The van der Waals surface area contributed by atoms with E-state index in [1.165, 1.54) is 10.4 Å². The van der Waals surface area contributed by atoms with Gasteiger partial charge in [-0.1, -0.05) is 6.07 Å². The fourth-order valence-corrected chi connectivity index (χ4v) is 5.91. The molecule has 1 heterocycles. The first-order valence-electron chi connectivity index (χ1n) is 5.95. The summed E-state index contributed by atoms with van der Waals surface area (Å²) in [6.07, 6.45) is 0. The van der Waals surface area contributed by atoms with E-state index in [1.54, 1.807) is 12.1 Å². The molecule has 0 unspecified atom stereocenters. The lowest BCUT2D eigenvalue weighted by Crippen LogP contribution is -2.43. The van der Waals surface area contributed by atoms with Crippen molar-refractivity contribution in [1.29, 1.82) is 0 Å². The van der Waals surface area contributed by atoms with Crippen LogP contribution < -0.4 is 5.73 Å². The van der Waals surface area contributed by atoms with E-state index in [4.69, 9.17) is 5.73 Å². The Labute approximate surface area is 127 Å². The van der Waals surface area contributed by atoms with Gasteiger partial charge in [-0.25, -0.2) is 16.8 Å². The highest BCUT2D eigenvalue weighted by atomic mass is 79.9. The summed E-state index contributed by atoms with van der Waals surface area (Å²) in [6.45, 7) is 0.312. The molecule has 1 fully saturated rings. The number of benzene rings is 1. The maximum Gasteiger partial charge on any atom is 0.244 e. The molecule has 0 saturated carbocycles. The van der Waals surface area contributed by atoms with Crippen LogP contribution in [0, 0.1) is 0 Å². The minimum absolute atomic E-state index is 0.00422. The maximum atomic E-state index is 12.5. The number of halogens is 1. The number of hydrogen-bond acceptors (Lipinski definition) is 5. The minimum Gasteiger partial charge on any atom is -0.326 e. The summed E-state index contributed by atoms with van der Waals surface area (Å²) >= 11 is 3.23. The highest BCUT2D eigenvalue weighted by molar-refractivity contribution is 9.10. The van der Waals surface area contributed by atoms with Crippen LogP contribution in [-0.4, -0.2) is 45.7 Å². The molecule has 0 spiro atoms. The molecule has 112 valence electrons. The molecule has 1 saturated heterocycles. The van der Waals surface area contributed by atoms with Crippen LogP contribution >= 0.6 is 15.9 Å². The van der Waals surface area contributed by atoms with E-state index in [1.807, 2.05) is 0 Å². The third-order valence-corrected chi connectivity index (χ3v) is 7.64. The molecule has 6 nitrogen and oxygen atoms in total. The molecule has 1 aliphatic rings. The molecular weight excluding hydrogens is 368 g/mol. The quantitative estimate of drug-likeness (QED) is 0.811. The SMILES string of the molecule is NCc1ccc(S(=O)(=O)N2CCS(=O)(=O)CC2)c(Br)c1. The Hall–Kier alpha value is -0.480. The van der Waals surface area contributed by atoms with Gasteiger partial charge in [0, 0.05) is 24.1 Å². The fourth-order valence-electron chi connectivity index (χ4n) is 1.96. The van der Waals surface area contributed by atoms with Gasteiger partial charge < -0.3 is 5.73 Å². The van der Waals surface area contributed by atoms with Crippen LogP contribution in [0.2, 0.25) is 0 Å². The van der Waals surface area contributed by atoms with Gasteiger partial charge in [0.25, 0.3) is 0 Å². The van der Waals surface area contributed by atoms with Gasteiger partial charge in [-0.15, -0.1) is 0 Å². The van der Waals surface area contributed by atoms with E-state index in [0.717, 1.165) is 5.56 Å². The zero-order valence-corrected chi connectivity index (χ0v) is 13.8. The van der Waals surface area contributed by atoms with Crippen molar-refractivity contribution in [3.05, 3.63) is 28.2 Å². The van der Waals surface area contributed by atoms with Crippen molar-refractivity contribution in [2.75, 3.05) is 24.6 Å². The van der Waals surface area contributed by atoms with Gasteiger partial charge >= 0.3 is 0 Å². The summed E-state index contributed by atoms with van der Waals surface area (Å²) < 4.78 is 49.4. The molecule has 2 rings (SSSR count).